The van der Waals surface area contributed by atoms with Crippen LogP contribution in [0.4, 0.5) is 16.2 Å². The second-order valence-corrected chi connectivity index (χ2v) is 4.56. The van der Waals surface area contributed by atoms with Crippen LogP contribution in [0.25, 0.3) is 0 Å². The van der Waals surface area contributed by atoms with Crippen molar-refractivity contribution < 1.29 is 9.50 Å². The summed E-state index contributed by atoms with van der Waals surface area (Å²) in [7, 11) is 0. The number of hydrogen-bond donors (Lipinski definition) is 3. The lowest BCUT2D eigenvalue weighted by Crippen LogP contribution is -2.39. The van der Waals surface area contributed by atoms with Crippen molar-refractivity contribution in [2.45, 2.75) is 37.7 Å². The fourth-order valence-corrected chi connectivity index (χ4v) is 2.14. The van der Waals surface area contributed by atoms with Crippen molar-refractivity contribution in [3.63, 3.8) is 0 Å². The molecule has 2 rings (SSSR count). The molecule has 1 aliphatic carbocycles. The molecule has 0 atom stereocenters. The smallest absolute Gasteiger partial charge is 0.222 e. The van der Waals surface area contributed by atoms with E-state index in [2.05, 4.69) is 15.3 Å². The van der Waals surface area contributed by atoms with Crippen molar-refractivity contribution in [1.82, 2.24) is 9.97 Å². The van der Waals surface area contributed by atoms with E-state index >= 15 is 0 Å². The summed E-state index contributed by atoms with van der Waals surface area (Å²) in [4.78, 5) is 7.30. The summed E-state index contributed by atoms with van der Waals surface area (Å²) in [5, 5.41) is 13.0. The van der Waals surface area contributed by atoms with E-state index in [-0.39, 0.29) is 11.8 Å². The van der Waals surface area contributed by atoms with Gasteiger partial charge in [0.1, 0.15) is 0 Å². The molecule has 4 N–H and O–H groups in total. The van der Waals surface area contributed by atoms with E-state index in [1.165, 1.54) is 0 Å². The molecule has 1 fully saturated rings. The van der Waals surface area contributed by atoms with E-state index in [1.807, 2.05) is 0 Å². The highest BCUT2D eigenvalue weighted by Gasteiger charge is 2.29. The molecule has 0 radical (unpaired) electrons. The van der Waals surface area contributed by atoms with Gasteiger partial charge in [0, 0.05) is 6.54 Å². The Morgan fingerprint density at radius 1 is 1.41 bits per heavy atom. The first-order valence-corrected chi connectivity index (χ1v) is 5.83. The van der Waals surface area contributed by atoms with Gasteiger partial charge in [-0.05, 0) is 12.8 Å². The third-order valence-corrected chi connectivity index (χ3v) is 3.13. The van der Waals surface area contributed by atoms with E-state index in [9.17, 15) is 9.50 Å². The molecule has 1 heterocycles. The summed E-state index contributed by atoms with van der Waals surface area (Å²) < 4.78 is 13.3. The molecular formula is C11H17FN4O. The molecule has 1 aromatic heterocycles. The predicted molar refractivity (Wildman–Crippen MR) is 62.9 cm³/mol. The lowest BCUT2D eigenvalue weighted by Gasteiger charge is -2.32. The normalized spacial score (nSPS) is 18.9. The third kappa shape index (κ3) is 3.03. The van der Waals surface area contributed by atoms with Gasteiger partial charge < -0.3 is 16.2 Å². The van der Waals surface area contributed by atoms with Gasteiger partial charge in [-0.25, -0.2) is 9.37 Å². The molecule has 5 nitrogen and oxygen atoms in total. The van der Waals surface area contributed by atoms with E-state index in [0.717, 1.165) is 38.3 Å². The highest BCUT2D eigenvalue weighted by atomic mass is 19.1. The largest absolute Gasteiger partial charge is 0.388 e. The first-order valence-electron chi connectivity index (χ1n) is 5.83. The summed E-state index contributed by atoms with van der Waals surface area (Å²) in [5.74, 6) is -0.486. The average Bonchev–Trinajstić information content (AvgIpc) is 2.31. The van der Waals surface area contributed by atoms with Gasteiger partial charge in [-0.1, -0.05) is 19.3 Å². The molecule has 0 amide bonds. The minimum atomic E-state index is -0.760. The number of nitrogen functional groups attached to an aromatic ring is 1. The zero-order valence-corrected chi connectivity index (χ0v) is 9.62. The Kier molecular flexibility index (Phi) is 3.42. The first-order chi connectivity index (χ1) is 8.09. The molecule has 0 aromatic carbocycles. The molecule has 94 valence electrons. The molecule has 1 saturated carbocycles. The number of anilines is 2. The van der Waals surface area contributed by atoms with Gasteiger partial charge in [0.25, 0.3) is 0 Å². The Balaban J connectivity index is 1.99. The number of nitrogens with two attached hydrogens (primary N) is 1. The number of halogens is 1. The molecule has 0 saturated heterocycles. The maximum Gasteiger partial charge on any atom is 0.222 e. The van der Waals surface area contributed by atoms with Crippen LogP contribution in [0.1, 0.15) is 32.1 Å². The SMILES string of the molecule is Nc1ncc(F)c(NCC2(O)CCCCC2)n1. The highest BCUT2D eigenvalue weighted by molar-refractivity contribution is 5.39. The zero-order chi connectivity index (χ0) is 12.3. The van der Waals surface area contributed by atoms with Gasteiger partial charge in [-0.15, -0.1) is 0 Å². The Hall–Kier alpha value is -1.43. The molecule has 6 heteroatoms. The van der Waals surface area contributed by atoms with Gasteiger partial charge in [-0.3, -0.25) is 0 Å². The Labute approximate surface area is 99.3 Å². The third-order valence-electron chi connectivity index (χ3n) is 3.13. The number of nitrogens with one attached hydrogen (secondary N) is 1. The van der Waals surface area contributed by atoms with Crippen molar-refractivity contribution in [3.05, 3.63) is 12.0 Å². The Morgan fingerprint density at radius 3 is 2.82 bits per heavy atom. The monoisotopic (exact) mass is 240 g/mol. The summed E-state index contributed by atoms with van der Waals surface area (Å²) in [6.07, 6.45) is 5.66. The van der Waals surface area contributed by atoms with Crippen LogP contribution in [-0.2, 0) is 0 Å². The topological polar surface area (TPSA) is 84.1 Å². The summed E-state index contributed by atoms with van der Waals surface area (Å²) >= 11 is 0. The van der Waals surface area contributed by atoms with Gasteiger partial charge in [0.15, 0.2) is 11.6 Å². The first kappa shape index (κ1) is 12.0. The summed E-state index contributed by atoms with van der Waals surface area (Å²) in [6.45, 7) is 0.292. The summed E-state index contributed by atoms with van der Waals surface area (Å²) in [5.41, 5.74) is 4.62. The lowest BCUT2D eigenvalue weighted by atomic mass is 9.85. The van der Waals surface area contributed by atoms with Crippen molar-refractivity contribution in [3.8, 4) is 0 Å². The molecule has 0 unspecified atom stereocenters. The van der Waals surface area contributed by atoms with E-state index in [0.29, 0.717) is 6.54 Å². The van der Waals surface area contributed by atoms with E-state index in [4.69, 9.17) is 5.73 Å². The second kappa shape index (κ2) is 4.83. The van der Waals surface area contributed by atoms with Crippen LogP contribution >= 0.6 is 0 Å². The van der Waals surface area contributed by atoms with Crippen LogP contribution in [0.3, 0.4) is 0 Å². The van der Waals surface area contributed by atoms with Crippen LogP contribution in [0.15, 0.2) is 6.20 Å². The highest BCUT2D eigenvalue weighted by Crippen LogP contribution is 2.28. The standard InChI is InChI=1S/C11H17FN4O/c12-8-6-14-10(13)16-9(8)15-7-11(17)4-2-1-3-5-11/h6,17H,1-5,7H2,(H3,13,14,15,16). The Morgan fingerprint density at radius 2 is 2.12 bits per heavy atom. The van der Waals surface area contributed by atoms with Gasteiger partial charge in [-0.2, -0.15) is 4.98 Å². The van der Waals surface area contributed by atoms with Crippen LogP contribution in [-0.4, -0.2) is 27.2 Å². The maximum atomic E-state index is 13.3. The molecular weight excluding hydrogens is 223 g/mol. The van der Waals surface area contributed by atoms with Crippen molar-refractivity contribution in [2.75, 3.05) is 17.6 Å². The molecule has 1 aliphatic rings. The predicted octanol–water partition coefficient (Wildman–Crippen LogP) is 1.30. The number of aliphatic hydroxyl groups is 1. The van der Waals surface area contributed by atoms with Crippen LogP contribution in [0.2, 0.25) is 0 Å². The zero-order valence-electron chi connectivity index (χ0n) is 9.62. The summed E-state index contributed by atoms with van der Waals surface area (Å²) in [6, 6.07) is 0. The van der Waals surface area contributed by atoms with Crippen LogP contribution < -0.4 is 11.1 Å². The Bertz CT molecular complexity index is 393. The van der Waals surface area contributed by atoms with Crippen molar-refractivity contribution in [1.29, 1.82) is 0 Å². The average molecular weight is 240 g/mol. The quantitative estimate of drug-likeness (QED) is 0.741. The number of nitrogens with zero attached hydrogens (tertiary/aromatic N) is 2. The molecule has 0 bridgehead atoms. The fourth-order valence-electron chi connectivity index (χ4n) is 2.14. The van der Waals surface area contributed by atoms with Crippen LogP contribution in [0, 0.1) is 5.82 Å². The molecule has 0 aliphatic heterocycles. The second-order valence-electron chi connectivity index (χ2n) is 4.56. The lowest BCUT2D eigenvalue weighted by molar-refractivity contribution is 0.0166. The van der Waals surface area contributed by atoms with Gasteiger partial charge >= 0.3 is 0 Å². The minimum Gasteiger partial charge on any atom is -0.388 e. The van der Waals surface area contributed by atoms with Crippen molar-refractivity contribution >= 4 is 11.8 Å². The van der Waals surface area contributed by atoms with E-state index in [1.54, 1.807) is 0 Å². The molecule has 17 heavy (non-hydrogen) atoms. The number of hydrogen-bond acceptors (Lipinski definition) is 5. The molecule has 0 spiro atoms. The minimum absolute atomic E-state index is 0.0181. The van der Waals surface area contributed by atoms with Gasteiger partial charge in [0.2, 0.25) is 5.95 Å². The maximum absolute atomic E-state index is 13.3. The van der Waals surface area contributed by atoms with E-state index < -0.39 is 11.4 Å². The van der Waals surface area contributed by atoms with Gasteiger partial charge in [0.05, 0.1) is 11.8 Å². The van der Waals surface area contributed by atoms with Crippen molar-refractivity contribution in [2.24, 2.45) is 0 Å². The number of aromatic nitrogens is 2. The molecule has 1 aromatic rings. The number of rotatable bonds is 3. The fraction of sp³-hybridized carbons (Fsp3) is 0.636. The van der Waals surface area contributed by atoms with Crippen LogP contribution in [0.5, 0.6) is 0 Å².